The molecule has 1 heterocycles. The monoisotopic (exact) mass is 183 g/mol. The van der Waals surface area contributed by atoms with Gasteiger partial charge in [0.15, 0.2) is 0 Å². The fourth-order valence-corrected chi connectivity index (χ4v) is 0.838. The van der Waals surface area contributed by atoms with Crippen molar-refractivity contribution in [3.05, 3.63) is 17.8 Å². The molecule has 1 aromatic heterocycles. The highest BCUT2D eigenvalue weighted by Gasteiger charge is 2.10. The Morgan fingerprint density at radius 2 is 2.54 bits per heavy atom. The molecule has 0 fully saturated rings. The molecule has 0 aliphatic heterocycles. The first kappa shape index (κ1) is 9.73. The largest absolute Gasteiger partial charge is 0.441 e. The van der Waals surface area contributed by atoms with Gasteiger partial charge in [0.05, 0.1) is 5.69 Å². The molecular weight excluding hydrogens is 170 g/mol. The highest BCUT2D eigenvalue weighted by molar-refractivity contribution is 5.89. The molecule has 5 nitrogen and oxygen atoms in total. The minimum Gasteiger partial charge on any atom is -0.441 e. The molecule has 72 valence electrons. The van der Waals surface area contributed by atoms with Crippen molar-refractivity contribution in [2.75, 3.05) is 13.1 Å². The minimum absolute atomic E-state index is 0.106. The lowest BCUT2D eigenvalue weighted by molar-refractivity contribution is 0.0919. The summed E-state index contributed by atoms with van der Waals surface area (Å²) in [5, 5.41) is 2.64. The second-order valence-electron chi connectivity index (χ2n) is 2.69. The van der Waals surface area contributed by atoms with E-state index >= 15 is 0 Å². The maximum absolute atomic E-state index is 11.2. The Labute approximate surface area is 76.3 Å². The number of nitrogens with zero attached hydrogens (tertiary/aromatic N) is 1. The minimum atomic E-state index is -0.290. The summed E-state index contributed by atoms with van der Waals surface area (Å²) in [6.45, 7) is 2.88. The standard InChI is InChI=1S/C8H13N3O2/c1-6-5-13-8(11-6)7(12)10-4-2-3-9/h5H,2-4,9H2,1H3,(H,10,12). The van der Waals surface area contributed by atoms with Crippen LogP contribution in [-0.2, 0) is 0 Å². The van der Waals surface area contributed by atoms with Gasteiger partial charge in [-0.05, 0) is 19.9 Å². The summed E-state index contributed by atoms with van der Waals surface area (Å²) >= 11 is 0. The van der Waals surface area contributed by atoms with E-state index in [2.05, 4.69) is 10.3 Å². The predicted molar refractivity (Wildman–Crippen MR) is 47.2 cm³/mol. The number of aromatic nitrogens is 1. The number of carbonyl (C=O) groups excluding carboxylic acids is 1. The van der Waals surface area contributed by atoms with Gasteiger partial charge in [-0.1, -0.05) is 0 Å². The smallest absolute Gasteiger partial charge is 0.307 e. The lowest BCUT2D eigenvalue weighted by Gasteiger charge is -1.99. The summed E-state index contributed by atoms with van der Waals surface area (Å²) in [5.41, 5.74) is 5.97. The summed E-state index contributed by atoms with van der Waals surface area (Å²) in [7, 11) is 0. The van der Waals surface area contributed by atoms with Gasteiger partial charge in [-0.25, -0.2) is 4.98 Å². The third-order valence-corrected chi connectivity index (χ3v) is 1.48. The van der Waals surface area contributed by atoms with Crippen molar-refractivity contribution in [3.8, 4) is 0 Å². The third-order valence-electron chi connectivity index (χ3n) is 1.48. The summed E-state index contributed by atoms with van der Waals surface area (Å²) in [5.74, 6) is -0.184. The third kappa shape index (κ3) is 2.87. The van der Waals surface area contributed by atoms with Crippen LogP contribution in [0.25, 0.3) is 0 Å². The van der Waals surface area contributed by atoms with Crippen LogP contribution in [0.4, 0.5) is 0 Å². The number of nitrogens with two attached hydrogens (primary N) is 1. The van der Waals surface area contributed by atoms with Crippen LogP contribution in [-0.4, -0.2) is 24.0 Å². The first-order valence-electron chi connectivity index (χ1n) is 4.14. The van der Waals surface area contributed by atoms with Gasteiger partial charge in [0, 0.05) is 6.54 Å². The van der Waals surface area contributed by atoms with Crippen LogP contribution >= 0.6 is 0 Å². The molecule has 0 atom stereocenters. The van der Waals surface area contributed by atoms with Crippen LogP contribution < -0.4 is 11.1 Å². The maximum atomic E-state index is 11.2. The molecule has 0 aliphatic rings. The number of carbonyl (C=O) groups is 1. The van der Waals surface area contributed by atoms with Crippen LogP contribution in [0.15, 0.2) is 10.7 Å². The summed E-state index contributed by atoms with van der Waals surface area (Å²) in [6.07, 6.45) is 2.20. The van der Waals surface area contributed by atoms with Crippen LogP contribution in [0.3, 0.4) is 0 Å². The highest BCUT2D eigenvalue weighted by Crippen LogP contribution is 1.99. The lowest BCUT2D eigenvalue weighted by Crippen LogP contribution is -2.26. The number of oxazole rings is 1. The Hall–Kier alpha value is -1.36. The number of rotatable bonds is 4. The van der Waals surface area contributed by atoms with E-state index in [1.165, 1.54) is 6.26 Å². The molecule has 0 saturated carbocycles. The van der Waals surface area contributed by atoms with Crippen molar-refractivity contribution in [2.24, 2.45) is 5.73 Å². The second-order valence-corrected chi connectivity index (χ2v) is 2.69. The molecule has 0 saturated heterocycles. The van der Waals surface area contributed by atoms with Gasteiger partial charge in [-0.15, -0.1) is 0 Å². The molecule has 0 aliphatic carbocycles. The number of aryl methyl sites for hydroxylation is 1. The maximum Gasteiger partial charge on any atom is 0.307 e. The molecule has 0 aromatic carbocycles. The zero-order chi connectivity index (χ0) is 9.68. The van der Waals surface area contributed by atoms with E-state index < -0.39 is 0 Å². The van der Waals surface area contributed by atoms with Crippen LogP contribution in [0.5, 0.6) is 0 Å². The van der Waals surface area contributed by atoms with Crippen molar-refractivity contribution in [2.45, 2.75) is 13.3 Å². The zero-order valence-corrected chi connectivity index (χ0v) is 7.54. The molecule has 13 heavy (non-hydrogen) atoms. The predicted octanol–water partition coefficient (Wildman–Crippen LogP) is 0.0616. The first-order valence-corrected chi connectivity index (χ1v) is 4.14. The Morgan fingerprint density at radius 3 is 3.08 bits per heavy atom. The molecule has 0 radical (unpaired) electrons. The van der Waals surface area contributed by atoms with Gasteiger partial charge in [-0.3, -0.25) is 4.79 Å². The zero-order valence-electron chi connectivity index (χ0n) is 7.54. The summed E-state index contributed by atoms with van der Waals surface area (Å²) < 4.78 is 4.90. The molecule has 1 aromatic rings. The average molecular weight is 183 g/mol. The number of nitrogens with one attached hydrogen (secondary N) is 1. The SMILES string of the molecule is Cc1coc(C(=O)NCCCN)n1. The van der Waals surface area contributed by atoms with Crippen molar-refractivity contribution < 1.29 is 9.21 Å². The number of amides is 1. The molecule has 0 unspecified atom stereocenters. The van der Waals surface area contributed by atoms with Crippen LogP contribution in [0, 0.1) is 6.92 Å². The number of hydrogen-bond acceptors (Lipinski definition) is 4. The van der Waals surface area contributed by atoms with E-state index in [1.807, 2.05) is 0 Å². The Kier molecular flexibility index (Phi) is 3.45. The van der Waals surface area contributed by atoms with Gasteiger partial charge < -0.3 is 15.5 Å². The summed E-state index contributed by atoms with van der Waals surface area (Å²) in [4.78, 5) is 15.1. The van der Waals surface area contributed by atoms with E-state index in [0.29, 0.717) is 18.8 Å². The fourth-order valence-electron chi connectivity index (χ4n) is 0.838. The molecule has 3 N–H and O–H groups in total. The Bertz CT molecular complexity index is 283. The van der Waals surface area contributed by atoms with Crippen molar-refractivity contribution in [1.29, 1.82) is 0 Å². The quantitative estimate of drug-likeness (QED) is 0.647. The van der Waals surface area contributed by atoms with Gasteiger partial charge in [0.1, 0.15) is 6.26 Å². The first-order chi connectivity index (χ1) is 6.24. The van der Waals surface area contributed by atoms with Gasteiger partial charge in [0.25, 0.3) is 5.89 Å². The van der Waals surface area contributed by atoms with Crippen LogP contribution in [0.1, 0.15) is 22.8 Å². The summed E-state index contributed by atoms with van der Waals surface area (Å²) in [6, 6.07) is 0. The van der Waals surface area contributed by atoms with E-state index in [1.54, 1.807) is 6.92 Å². The molecule has 1 amide bonds. The van der Waals surface area contributed by atoms with Crippen LogP contribution in [0.2, 0.25) is 0 Å². The van der Waals surface area contributed by atoms with Gasteiger partial charge in [0.2, 0.25) is 0 Å². The van der Waals surface area contributed by atoms with Crippen molar-refractivity contribution >= 4 is 5.91 Å². The fraction of sp³-hybridized carbons (Fsp3) is 0.500. The van der Waals surface area contributed by atoms with E-state index in [4.69, 9.17) is 10.2 Å². The van der Waals surface area contributed by atoms with E-state index in [9.17, 15) is 4.79 Å². The number of hydrogen-bond donors (Lipinski definition) is 2. The Balaban J connectivity index is 2.40. The second kappa shape index (κ2) is 4.61. The van der Waals surface area contributed by atoms with Crippen molar-refractivity contribution in [1.82, 2.24) is 10.3 Å². The molecule has 1 rings (SSSR count). The average Bonchev–Trinajstić information content (AvgIpc) is 2.52. The van der Waals surface area contributed by atoms with Crippen molar-refractivity contribution in [3.63, 3.8) is 0 Å². The molecular formula is C8H13N3O2. The highest BCUT2D eigenvalue weighted by atomic mass is 16.4. The normalized spacial score (nSPS) is 10.0. The van der Waals surface area contributed by atoms with E-state index in [-0.39, 0.29) is 11.8 Å². The molecule has 0 spiro atoms. The van der Waals surface area contributed by atoms with Gasteiger partial charge >= 0.3 is 5.91 Å². The lowest BCUT2D eigenvalue weighted by atomic mass is 10.4. The van der Waals surface area contributed by atoms with E-state index in [0.717, 1.165) is 6.42 Å². The molecule has 5 heteroatoms. The van der Waals surface area contributed by atoms with Gasteiger partial charge in [-0.2, -0.15) is 0 Å². The Morgan fingerprint density at radius 1 is 1.77 bits per heavy atom. The topological polar surface area (TPSA) is 81.2 Å². The molecule has 0 bridgehead atoms.